The van der Waals surface area contributed by atoms with Gasteiger partial charge in [0, 0.05) is 25.2 Å². The van der Waals surface area contributed by atoms with Crippen molar-refractivity contribution < 1.29 is 14.3 Å². The highest BCUT2D eigenvalue weighted by Crippen LogP contribution is 2.31. The molecule has 1 unspecified atom stereocenters. The monoisotopic (exact) mass is 263 g/mol. The first-order valence-electron chi connectivity index (χ1n) is 6.06. The topological polar surface area (TPSA) is 84.7 Å². The second kappa shape index (κ2) is 5.27. The van der Waals surface area contributed by atoms with E-state index in [2.05, 4.69) is 5.32 Å². The molecule has 1 atom stereocenters. The maximum absolute atomic E-state index is 11.9. The summed E-state index contributed by atoms with van der Waals surface area (Å²) in [4.78, 5) is 24.7. The summed E-state index contributed by atoms with van der Waals surface area (Å²) in [6.07, 6.45) is 0.274. The van der Waals surface area contributed by atoms with Crippen LogP contribution < -0.4 is 20.7 Å². The van der Waals surface area contributed by atoms with Gasteiger partial charge in [-0.2, -0.15) is 0 Å². The number of carbonyl (C=O) groups is 2. The minimum atomic E-state index is -0.200. The Labute approximate surface area is 111 Å². The first-order valence-corrected chi connectivity index (χ1v) is 6.06. The molecule has 102 valence electrons. The average Bonchev–Trinajstić information content (AvgIpc) is 2.36. The largest absolute Gasteiger partial charge is 0.482 e. The lowest BCUT2D eigenvalue weighted by molar-refractivity contribution is -0.119. The normalized spacial score (nSPS) is 15.0. The molecular weight excluding hydrogens is 246 g/mol. The molecule has 0 radical (unpaired) electrons. The van der Waals surface area contributed by atoms with Gasteiger partial charge >= 0.3 is 0 Å². The van der Waals surface area contributed by atoms with Crippen LogP contribution >= 0.6 is 0 Å². The van der Waals surface area contributed by atoms with Gasteiger partial charge in [-0.15, -0.1) is 0 Å². The number of benzene rings is 1. The Hall–Kier alpha value is -2.08. The van der Waals surface area contributed by atoms with E-state index in [1.807, 2.05) is 0 Å². The van der Waals surface area contributed by atoms with Crippen LogP contribution in [0.4, 0.5) is 11.4 Å². The third-order valence-electron chi connectivity index (χ3n) is 2.85. The molecule has 6 nitrogen and oxygen atoms in total. The van der Waals surface area contributed by atoms with Crippen LogP contribution in [0.15, 0.2) is 18.2 Å². The van der Waals surface area contributed by atoms with Crippen LogP contribution in [-0.2, 0) is 9.59 Å². The highest BCUT2D eigenvalue weighted by Gasteiger charge is 2.19. The number of anilines is 2. The predicted octanol–water partition coefficient (Wildman–Crippen LogP) is 0.718. The third-order valence-corrected chi connectivity index (χ3v) is 2.85. The molecular formula is C13H17N3O3. The fourth-order valence-corrected chi connectivity index (χ4v) is 1.84. The zero-order chi connectivity index (χ0) is 14.0. The predicted molar refractivity (Wildman–Crippen MR) is 72.2 cm³/mol. The lowest BCUT2D eigenvalue weighted by Crippen LogP contribution is -2.32. The van der Waals surface area contributed by atoms with Gasteiger partial charge in [0.25, 0.3) is 5.91 Å². The molecule has 0 spiro atoms. The average molecular weight is 263 g/mol. The second-order valence-electron chi connectivity index (χ2n) is 4.65. The van der Waals surface area contributed by atoms with Crippen molar-refractivity contribution in [2.75, 3.05) is 23.9 Å². The molecule has 0 aliphatic carbocycles. The molecule has 0 saturated carbocycles. The Morgan fingerprint density at radius 1 is 1.58 bits per heavy atom. The van der Waals surface area contributed by atoms with Crippen molar-refractivity contribution in [2.24, 2.45) is 5.73 Å². The molecule has 0 aromatic heterocycles. The van der Waals surface area contributed by atoms with E-state index in [-0.39, 0.29) is 30.9 Å². The lowest BCUT2D eigenvalue weighted by Gasteiger charge is -2.22. The van der Waals surface area contributed by atoms with Crippen molar-refractivity contribution in [1.29, 1.82) is 0 Å². The quantitative estimate of drug-likeness (QED) is 0.841. The van der Waals surface area contributed by atoms with Crippen molar-refractivity contribution in [3.63, 3.8) is 0 Å². The zero-order valence-electron chi connectivity index (χ0n) is 11.0. The van der Waals surface area contributed by atoms with Crippen LogP contribution in [0.5, 0.6) is 5.75 Å². The first-order chi connectivity index (χ1) is 8.97. The summed E-state index contributed by atoms with van der Waals surface area (Å²) >= 11 is 0. The Kier molecular flexibility index (Phi) is 3.71. The van der Waals surface area contributed by atoms with Crippen molar-refractivity contribution in [1.82, 2.24) is 0 Å². The van der Waals surface area contributed by atoms with E-state index in [1.54, 1.807) is 32.2 Å². The van der Waals surface area contributed by atoms with E-state index < -0.39 is 0 Å². The Balaban J connectivity index is 2.19. The number of rotatable bonds is 3. The van der Waals surface area contributed by atoms with Gasteiger partial charge in [0.2, 0.25) is 5.91 Å². The number of amides is 2. The van der Waals surface area contributed by atoms with Crippen LogP contribution in [0.25, 0.3) is 0 Å². The fraction of sp³-hybridized carbons (Fsp3) is 0.385. The van der Waals surface area contributed by atoms with E-state index >= 15 is 0 Å². The van der Waals surface area contributed by atoms with Crippen LogP contribution in [0.3, 0.4) is 0 Å². The number of hydrogen-bond donors (Lipinski definition) is 2. The number of fused-ring (bicyclic) bond motifs is 1. The van der Waals surface area contributed by atoms with Gasteiger partial charge in [0.1, 0.15) is 5.75 Å². The standard InChI is InChI=1S/C13H17N3O3/c1-8(14)5-13(18)16(2)9-3-4-11-10(6-9)15-12(17)7-19-11/h3-4,6,8H,5,7,14H2,1-2H3,(H,15,17). The lowest BCUT2D eigenvalue weighted by atomic mass is 10.2. The molecule has 6 heteroatoms. The van der Waals surface area contributed by atoms with E-state index in [4.69, 9.17) is 10.5 Å². The summed E-state index contributed by atoms with van der Waals surface area (Å²) < 4.78 is 5.26. The molecule has 1 heterocycles. The van der Waals surface area contributed by atoms with Crippen molar-refractivity contribution in [3.05, 3.63) is 18.2 Å². The highest BCUT2D eigenvalue weighted by molar-refractivity contribution is 5.98. The van der Waals surface area contributed by atoms with Crippen molar-refractivity contribution in [3.8, 4) is 5.75 Å². The van der Waals surface area contributed by atoms with Crippen LogP contribution in [0, 0.1) is 0 Å². The smallest absolute Gasteiger partial charge is 0.262 e. The number of nitrogens with two attached hydrogens (primary N) is 1. The number of nitrogens with zero attached hydrogens (tertiary/aromatic N) is 1. The molecule has 0 saturated heterocycles. The van der Waals surface area contributed by atoms with Crippen molar-refractivity contribution in [2.45, 2.75) is 19.4 Å². The van der Waals surface area contributed by atoms with E-state index in [0.717, 1.165) is 0 Å². The summed E-state index contributed by atoms with van der Waals surface area (Å²) in [5.41, 5.74) is 6.88. The molecule has 1 aliphatic rings. The number of nitrogens with one attached hydrogen (secondary N) is 1. The van der Waals surface area contributed by atoms with Crippen molar-refractivity contribution >= 4 is 23.2 Å². The molecule has 19 heavy (non-hydrogen) atoms. The molecule has 1 aliphatic heterocycles. The number of hydrogen-bond acceptors (Lipinski definition) is 4. The summed E-state index contributed by atoms with van der Waals surface area (Å²) in [5.74, 6) is 0.337. The maximum Gasteiger partial charge on any atom is 0.262 e. The summed E-state index contributed by atoms with van der Waals surface area (Å²) in [6, 6.07) is 5.04. The van der Waals surface area contributed by atoms with E-state index in [1.165, 1.54) is 4.90 Å². The van der Waals surface area contributed by atoms with Gasteiger partial charge in [-0.25, -0.2) is 0 Å². The van der Waals surface area contributed by atoms with Crippen LogP contribution in [-0.4, -0.2) is 31.5 Å². The van der Waals surface area contributed by atoms with Gasteiger partial charge in [-0.1, -0.05) is 0 Å². The SMILES string of the molecule is CC(N)CC(=O)N(C)c1ccc2c(c1)NC(=O)CO2. The number of ether oxygens (including phenoxy) is 1. The van der Waals surface area contributed by atoms with Gasteiger partial charge < -0.3 is 20.7 Å². The Morgan fingerprint density at radius 3 is 3.00 bits per heavy atom. The minimum Gasteiger partial charge on any atom is -0.482 e. The zero-order valence-corrected chi connectivity index (χ0v) is 11.0. The first kappa shape index (κ1) is 13.4. The fourth-order valence-electron chi connectivity index (χ4n) is 1.84. The van der Waals surface area contributed by atoms with Gasteiger partial charge in [-0.3, -0.25) is 9.59 Å². The molecule has 3 N–H and O–H groups in total. The molecule has 2 amide bonds. The van der Waals surface area contributed by atoms with E-state index in [0.29, 0.717) is 17.1 Å². The van der Waals surface area contributed by atoms with Crippen LogP contribution in [0.2, 0.25) is 0 Å². The van der Waals surface area contributed by atoms with Gasteiger partial charge in [-0.05, 0) is 25.1 Å². The summed E-state index contributed by atoms with van der Waals surface area (Å²) in [5, 5.41) is 2.71. The summed E-state index contributed by atoms with van der Waals surface area (Å²) in [7, 11) is 1.68. The Morgan fingerprint density at radius 2 is 2.32 bits per heavy atom. The molecule has 1 aromatic carbocycles. The molecule has 1 aromatic rings. The third kappa shape index (κ3) is 3.03. The maximum atomic E-state index is 11.9. The van der Waals surface area contributed by atoms with Crippen LogP contribution in [0.1, 0.15) is 13.3 Å². The second-order valence-corrected chi connectivity index (χ2v) is 4.65. The van der Waals surface area contributed by atoms with E-state index in [9.17, 15) is 9.59 Å². The summed E-state index contributed by atoms with van der Waals surface area (Å²) in [6.45, 7) is 1.80. The van der Waals surface area contributed by atoms with Gasteiger partial charge in [0.15, 0.2) is 6.61 Å². The molecule has 0 bridgehead atoms. The number of carbonyl (C=O) groups excluding carboxylic acids is 2. The molecule has 0 fully saturated rings. The molecule has 2 rings (SSSR count). The highest BCUT2D eigenvalue weighted by atomic mass is 16.5. The Bertz CT molecular complexity index is 514. The minimum absolute atomic E-state index is 0.0196. The van der Waals surface area contributed by atoms with Gasteiger partial charge in [0.05, 0.1) is 5.69 Å².